The summed E-state index contributed by atoms with van der Waals surface area (Å²) in [5.74, 6) is 0.0268. The monoisotopic (exact) mass is 277 g/mol. The maximum absolute atomic E-state index is 14.1. The van der Waals surface area contributed by atoms with Gasteiger partial charge in [0.15, 0.2) is 0 Å². The molecule has 0 aliphatic carbocycles. The Labute approximate surface area is 118 Å². The van der Waals surface area contributed by atoms with Gasteiger partial charge in [-0.3, -0.25) is 0 Å². The highest BCUT2D eigenvalue weighted by Crippen LogP contribution is 2.39. The first-order valence-corrected chi connectivity index (χ1v) is 7.38. The van der Waals surface area contributed by atoms with E-state index in [1.54, 1.807) is 13.0 Å². The van der Waals surface area contributed by atoms with Crippen molar-refractivity contribution in [2.45, 2.75) is 25.7 Å². The van der Waals surface area contributed by atoms with Crippen LogP contribution < -0.4 is 0 Å². The molecule has 20 heavy (non-hydrogen) atoms. The summed E-state index contributed by atoms with van der Waals surface area (Å²) in [7, 11) is 0. The van der Waals surface area contributed by atoms with Crippen LogP contribution in [0.2, 0.25) is 0 Å². The van der Waals surface area contributed by atoms with Crippen molar-refractivity contribution in [1.82, 2.24) is 4.90 Å². The van der Waals surface area contributed by atoms with Gasteiger partial charge in [0, 0.05) is 6.54 Å². The van der Waals surface area contributed by atoms with Crippen LogP contribution in [0.5, 0.6) is 0 Å². The van der Waals surface area contributed by atoms with Gasteiger partial charge in [-0.2, -0.15) is 0 Å². The summed E-state index contributed by atoms with van der Waals surface area (Å²) in [5, 5.41) is 0. The van der Waals surface area contributed by atoms with Crippen molar-refractivity contribution in [3.63, 3.8) is 0 Å². The van der Waals surface area contributed by atoms with Crippen LogP contribution in [-0.2, 0) is 4.74 Å². The number of piperidine rings is 3. The molecule has 3 aliphatic heterocycles. The van der Waals surface area contributed by atoms with E-state index in [9.17, 15) is 9.18 Å². The molecule has 3 aliphatic rings. The second-order valence-corrected chi connectivity index (χ2v) is 5.70. The lowest BCUT2D eigenvalue weighted by Crippen LogP contribution is -2.46. The fourth-order valence-corrected chi connectivity index (χ4v) is 3.48. The first kappa shape index (κ1) is 13.6. The predicted molar refractivity (Wildman–Crippen MR) is 74.3 cm³/mol. The molecule has 4 rings (SSSR count). The molecule has 0 aromatic heterocycles. The average Bonchev–Trinajstić information content (AvgIpc) is 2.48. The van der Waals surface area contributed by atoms with Gasteiger partial charge in [0.1, 0.15) is 5.82 Å². The number of esters is 1. The molecule has 2 bridgehead atoms. The Morgan fingerprint density at radius 3 is 2.70 bits per heavy atom. The van der Waals surface area contributed by atoms with Gasteiger partial charge in [-0.1, -0.05) is 6.07 Å². The number of hydrogen-bond donors (Lipinski definition) is 0. The molecule has 3 nitrogen and oxygen atoms in total. The molecule has 0 saturated carbocycles. The highest BCUT2D eigenvalue weighted by atomic mass is 19.1. The third-order valence-corrected chi connectivity index (χ3v) is 4.57. The Bertz CT molecular complexity index is 509. The van der Waals surface area contributed by atoms with E-state index in [1.165, 1.54) is 32.0 Å². The lowest BCUT2D eigenvalue weighted by molar-refractivity contribution is 0.0521. The number of rotatable bonds is 3. The van der Waals surface area contributed by atoms with Crippen molar-refractivity contribution >= 4 is 5.97 Å². The molecule has 0 spiro atoms. The van der Waals surface area contributed by atoms with E-state index in [-0.39, 0.29) is 12.2 Å². The van der Waals surface area contributed by atoms with Gasteiger partial charge in [-0.15, -0.1) is 0 Å². The van der Waals surface area contributed by atoms with E-state index in [1.807, 2.05) is 6.07 Å². The van der Waals surface area contributed by atoms with Crippen LogP contribution in [0.4, 0.5) is 4.39 Å². The van der Waals surface area contributed by atoms with Gasteiger partial charge < -0.3 is 9.64 Å². The van der Waals surface area contributed by atoms with Crippen molar-refractivity contribution in [3.8, 4) is 0 Å². The molecule has 3 saturated heterocycles. The maximum Gasteiger partial charge on any atom is 0.341 e. The van der Waals surface area contributed by atoms with Gasteiger partial charge in [0.05, 0.1) is 12.2 Å². The van der Waals surface area contributed by atoms with Crippen LogP contribution in [-0.4, -0.2) is 37.1 Å². The van der Waals surface area contributed by atoms with Gasteiger partial charge in [-0.25, -0.2) is 9.18 Å². The molecule has 3 heterocycles. The minimum absolute atomic E-state index is 0.0388. The molecule has 0 radical (unpaired) electrons. The zero-order chi connectivity index (χ0) is 14.1. The summed E-state index contributed by atoms with van der Waals surface area (Å²) in [5.41, 5.74) is 1.06. The SMILES string of the molecule is CCOC(=O)c1ccc(C2CN3CCC2CC3)cc1F. The van der Waals surface area contributed by atoms with Crippen LogP contribution in [0.15, 0.2) is 18.2 Å². The number of fused-ring (bicyclic) bond motifs is 3. The van der Waals surface area contributed by atoms with Gasteiger partial charge in [0.2, 0.25) is 0 Å². The number of nitrogens with zero attached hydrogens (tertiary/aromatic N) is 1. The summed E-state index contributed by atoms with van der Waals surface area (Å²) in [6, 6.07) is 4.99. The summed E-state index contributed by atoms with van der Waals surface area (Å²) < 4.78 is 19.0. The van der Waals surface area contributed by atoms with Crippen molar-refractivity contribution in [2.75, 3.05) is 26.2 Å². The van der Waals surface area contributed by atoms with E-state index in [0.29, 0.717) is 11.8 Å². The van der Waals surface area contributed by atoms with Crippen molar-refractivity contribution in [2.24, 2.45) is 5.92 Å². The largest absolute Gasteiger partial charge is 0.462 e. The second kappa shape index (κ2) is 5.52. The third-order valence-electron chi connectivity index (χ3n) is 4.57. The Morgan fingerprint density at radius 1 is 1.40 bits per heavy atom. The number of carbonyl (C=O) groups excluding carboxylic acids is 1. The predicted octanol–water partition coefficient (Wildman–Crippen LogP) is 2.81. The maximum atomic E-state index is 14.1. The Kier molecular flexibility index (Phi) is 3.74. The van der Waals surface area contributed by atoms with E-state index in [0.717, 1.165) is 12.1 Å². The van der Waals surface area contributed by atoms with E-state index >= 15 is 0 Å². The van der Waals surface area contributed by atoms with E-state index < -0.39 is 11.8 Å². The second-order valence-electron chi connectivity index (χ2n) is 5.70. The molecule has 108 valence electrons. The minimum atomic E-state index is -0.578. The normalized spacial score (nSPS) is 28.4. The van der Waals surface area contributed by atoms with Crippen LogP contribution in [0.25, 0.3) is 0 Å². The van der Waals surface area contributed by atoms with Crippen LogP contribution in [0.1, 0.15) is 41.6 Å². The fraction of sp³-hybridized carbons (Fsp3) is 0.562. The van der Waals surface area contributed by atoms with Gasteiger partial charge >= 0.3 is 5.97 Å². The van der Waals surface area contributed by atoms with E-state index in [4.69, 9.17) is 4.74 Å². The topological polar surface area (TPSA) is 29.5 Å². The van der Waals surface area contributed by atoms with Crippen LogP contribution in [0.3, 0.4) is 0 Å². The third kappa shape index (κ3) is 2.44. The number of benzene rings is 1. The smallest absolute Gasteiger partial charge is 0.341 e. The molecular weight excluding hydrogens is 257 g/mol. The first-order chi connectivity index (χ1) is 9.69. The molecule has 1 atom stereocenters. The minimum Gasteiger partial charge on any atom is -0.462 e. The standard InChI is InChI=1S/C16H20FNO2/c1-2-20-16(19)13-4-3-12(9-15(13)17)14-10-18-7-5-11(14)6-8-18/h3-4,9,11,14H,2,5-8,10H2,1H3. The number of halogens is 1. The molecular formula is C16H20FNO2. The summed E-state index contributed by atoms with van der Waals surface area (Å²) in [6.45, 7) is 5.34. The van der Waals surface area contributed by atoms with Gasteiger partial charge in [-0.05, 0) is 62.4 Å². The van der Waals surface area contributed by atoms with Crippen molar-refractivity contribution < 1.29 is 13.9 Å². The molecule has 0 amide bonds. The quantitative estimate of drug-likeness (QED) is 0.796. The molecule has 4 heteroatoms. The fourth-order valence-electron chi connectivity index (χ4n) is 3.48. The Morgan fingerprint density at radius 2 is 2.15 bits per heavy atom. The lowest BCUT2D eigenvalue weighted by Gasteiger charge is -2.45. The van der Waals surface area contributed by atoms with Crippen molar-refractivity contribution in [3.05, 3.63) is 35.1 Å². The first-order valence-electron chi connectivity index (χ1n) is 7.38. The summed E-state index contributed by atoms with van der Waals surface area (Å²) in [6.07, 6.45) is 2.40. The number of carbonyl (C=O) groups is 1. The molecule has 1 aromatic rings. The summed E-state index contributed by atoms with van der Waals surface area (Å²) >= 11 is 0. The number of hydrogen-bond acceptors (Lipinski definition) is 3. The van der Waals surface area contributed by atoms with Crippen molar-refractivity contribution in [1.29, 1.82) is 0 Å². The highest BCUT2D eigenvalue weighted by molar-refractivity contribution is 5.89. The zero-order valence-corrected chi connectivity index (χ0v) is 11.8. The van der Waals surface area contributed by atoms with Crippen LogP contribution in [0, 0.1) is 11.7 Å². The average molecular weight is 277 g/mol. The Hall–Kier alpha value is -1.42. The van der Waals surface area contributed by atoms with Gasteiger partial charge in [0.25, 0.3) is 0 Å². The molecule has 1 unspecified atom stereocenters. The molecule has 3 fully saturated rings. The lowest BCUT2D eigenvalue weighted by atomic mass is 9.75. The highest BCUT2D eigenvalue weighted by Gasteiger charge is 2.35. The zero-order valence-electron chi connectivity index (χ0n) is 11.8. The molecule has 1 aromatic carbocycles. The molecule has 0 N–H and O–H groups in total. The number of ether oxygens (including phenoxy) is 1. The van der Waals surface area contributed by atoms with E-state index in [2.05, 4.69) is 4.90 Å². The summed E-state index contributed by atoms with van der Waals surface area (Å²) in [4.78, 5) is 14.1. The van der Waals surface area contributed by atoms with Crippen LogP contribution >= 0.6 is 0 Å². The Balaban J connectivity index is 1.82.